The van der Waals surface area contributed by atoms with Crippen LogP contribution in [0, 0.1) is 0 Å². The van der Waals surface area contributed by atoms with Crippen LogP contribution in [-0.4, -0.2) is 24.4 Å². The second kappa shape index (κ2) is 6.66. The molecule has 1 aliphatic rings. The summed E-state index contributed by atoms with van der Waals surface area (Å²) in [5.41, 5.74) is 2.65. The van der Waals surface area contributed by atoms with Gasteiger partial charge in [0.05, 0.1) is 10.6 Å². The first-order chi connectivity index (χ1) is 11.3. The Morgan fingerprint density at radius 3 is 2.75 bits per heavy atom. The van der Waals surface area contributed by atoms with E-state index in [4.69, 9.17) is 11.6 Å². The van der Waals surface area contributed by atoms with Crippen molar-refractivity contribution in [3.63, 3.8) is 0 Å². The predicted octanol–water partition coefficient (Wildman–Crippen LogP) is 3.05. The van der Waals surface area contributed by atoms with Gasteiger partial charge < -0.3 is 5.32 Å². The van der Waals surface area contributed by atoms with Crippen molar-refractivity contribution in [2.45, 2.75) is 44.0 Å². The van der Waals surface area contributed by atoms with Crippen LogP contribution in [0.5, 0.6) is 0 Å². The Balaban J connectivity index is 1.92. The fourth-order valence-electron chi connectivity index (χ4n) is 2.76. The largest absolute Gasteiger partial charge is 0.340 e. The maximum Gasteiger partial charge on any atom is 0.240 e. The average molecular weight is 367 g/mol. The lowest BCUT2D eigenvalue weighted by Crippen LogP contribution is -2.30. The first-order valence-electron chi connectivity index (χ1n) is 7.80. The monoisotopic (exact) mass is 366 g/mol. The zero-order chi connectivity index (χ0) is 17.3. The smallest absolute Gasteiger partial charge is 0.240 e. The van der Waals surface area contributed by atoms with Gasteiger partial charge in [-0.25, -0.2) is 23.1 Å². The molecule has 24 heavy (non-hydrogen) atoms. The van der Waals surface area contributed by atoms with Gasteiger partial charge in [0.15, 0.2) is 0 Å². The molecule has 0 bridgehead atoms. The van der Waals surface area contributed by atoms with Gasteiger partial charge in [-0.1, -0.05) is 6.07 Å². The highest BCUT2D eigenvalue weighted by Gasteiger charge is 2.20. The van der Waals surface area contributed by atoms with Crippen molar-refractivity contribution in [3.05, 3.63) is 40.8 Å². The molecule has 2 N–H and O–H groups in total. The highest BCUT2D eigenvalue weighted by molar-refractivity contribution is 7.89. The highest BCUT2D eigenvalue weighted by atomic mass is 35.5. The van der Waals surface area contributed by atoms with Gasteiger partial charge in [-0.05, 0) is 62.9 Å². The van der Waals surface area contributed by atoms with Gasteiger partial charge in [0.1, 0.15) is 5.82 Å². The molecule has 1 aromatic heterocycles. The fraction of sp³-hybridized carbons (Fsp3) is 0.375. The normalized spacial score (nSPS) is 14.0. The molecule has 0 spiro atoms. The minimum Gasteiger partial charge on any atom is -0.340 e. The van der Waals surface area contributed by atoms with Crippen LogP contribution in [0.1, 0.15) is 31.5 Å². The summed E-state index contributed by atoms with van der Waals surface area (Å²) in [6.45, 7) is 3.57. The summed E-state index contributed by atoms with van der Waals surface area (Å²) in [4.78, 5) is 8.72. The van der Waals surface area contributed by atoms with Crippen LogP contribution in [0.15, 0.2) is 29.2 Å². The molecular weight excluding hydrogens is 348 g/mol. The summed E-state index contributed by atoms with van der Waals surface area (Å²) in [6, 6.07) is 6.47. The lowest BCUT2D eigenvalue weighted by atomic mass is 10.2. The van der Waals surface area contributed by atoms with Gasteiger partial charge in [-0.2, -0.15) is 0 Å². The van der Waals surface area contributed by atoms with Crippen LogP contribution in [0.2, 0.25) is 5.28 Å². The number of nitrogens with one attached hydrogen (secondary N) is 2. The Morgan fingerprint density at radius 2 is 2.00 bits per heavy atom. The molecule has 0 atom stereocenters. The molecule has 0 aliphatic heterocycles. The van der Waals surface area contributed by atoms with Gasteiger partial charge in [-0.3, -0.25) is 0 Å². The van der Waals surface area contributed by atoms with Crippen LogP contribution in [0.3, 0.4) is 0 Å². The van der Waals surface area contributed by atoms with Gasteiger partial charge in [0.2, 0.25) is 15.3 Å². The molecule has 1 heterocycles. The van der Waals surface area contributed by atoms with Gasteiger partial charge in [0.25, 0.3) is 0 Å². The van der Waals surface area contributed by atoms with Crippen molar-refractivity contribution in [1.82, 2.24) is 14.7 Å². The van der Waals surface area contributed by atoms with E-state index in [9.17, 15) is 8.42 Å². The van der Waals surface area contributed by atoms with Crippen molar-refractivity contribution >= 4 is 33.1 Å². The molecule has 8 heteroatoms. The van der Waals surface area contributed by atoms with Crippen molar-refractivity contribution in [2.75, 3.05) is 5.32 Å². The fourth-order valence-corrected chi connectivity index (χ4v) is 4.24. The average Bonchev–Trinajstić information content (AvgIpc) is 2.94. The number of halogens is 1. The molecule has 1 aliphatic carbocycles. The van der Waals surface area contributed by atoms with Gasteiger partial charge >= 0.3 is 0 Å². The number of aromatic nitrogens is 2. The summed E-state index contributed by atoms with van der Waals surface area (Å²) in [5, 5.41) is 3.38. The number of anilines is 2. The molecule has 3 rings (SSSR count). The molecule has 0 saturated heterocycles. The number of hydrogen-bond acceptors (Lipinski definition) is 5. The Morgan fingerprint density at radius 1 is 1.21 bits per heavy atom. The standard InChI is InChI=1S/C16H19ClN4O2S/c1-10(2)21-24(22,23)12-6-3-5-11(9-12)18-15-13-7-4-8-14(13)19-16(17)20-15/h3,5-6,9-10,21H,4,7-8H2,1-2H3,(H,18,19,20). The number of fused-ring (bicyclic) bond motifs is 1. The van der Waals surface area contributed by atoms with E-state index in [-0.39, 0.29) is 16.2 Å². The van der Waals surface area contributed by atoms with Crippen molar-refractivity contribution in [2.24, 2.45) is 0 Å². The first kappa shape index (κ1) is 17.1. The van der Waals surface area contributed by atoms with Crippen LogP contribution in [0.25, 0.3) is 0 Å². The van der Waals surface area contributed by atoms with Gasteiger partial charge in [0, 0.05) is 17.3 Å². The van der Waals surface area contributed by atoms with Crippen LogP contribution < -0.4 is 10.0 Å². The molecule has 2 aromatic rings. The summed E-state index contributed by atoms with van der Waals surface area (Å²) >= 11 is 5.99. The van der Waals surface area contributed by atoms with Crippen molar-refractivity contribution in [3.8, 4) is 0 Å². The molecule has 6 nitrogen and oxygen atoms in total. The molecule has 0 fully saturated rings. The van der Waals surface area contributed by atoms with E-state index >= 15 is 0 Å². The third kappa shape index (κ3) is 3.68. The SMILES string of the molecule is CC(C)NS(=O)(=O)c1cccc(Nc2nc(Cl)nc3c2CCC3)c1. The van der Waals surface area contributed by atoms with E-state index in [2.05, 4.69) is 20.0 Å². The quantitative estimate of drug-likeness (QED) is 0.794. The van der Waals surface area contributed by atoms with Crippen LogP contribution in [0.4, 0.5) is 11.5 Å². The molecule has 128 valence electrons. The van der Waals surface area contributed by atoms with E-state index in [1.165, 1.54) is 0 Å². The van der Waals surface area contributed by atoms with Crippen LogP contribution >= 0.6 is 11.6 Å². The minimum absolute atomic E-state index is 0.171. The third-order valence-corrected chi connectivity index (χ3v) is 5.53. The number of rotatable bonds is 5. The molecule has 0 unspecified atom stereocenters. The van der Waals surface area contributed by atoms with E-state index in [0.29, 0.717) is 11.5 Å². The number of nitrogens with zero attached hydrogens (tertiary/aromatic N) is 2. The third-order valence-electron chi connectivity index (χ3n) is 3.70. The maximum absolute atomic E-state index is 12.3. The van der Waals surface area contributed by atoms with Crippen molar-refractivity contribution in [1.29, 1.82) is 0 Å². The molecular formula is C16H19ClN4O2S. The summed E-state index contributed by atoms with van der Waals surface area (Å²) in [7, 11) is -3.54. The van der Waals surface area contributed by atoms with E-state index < -0.39 is 10.0 Å². The second-order valence-corrected chi connectivity index (χ2v) is 8.10. The Hall–Kier alpha value is -1.70. The zero-order valence-electron chi connectivity index (χ0n) is 13.5. The number of sulfonamides is 1. The Labute approximate surface area is 146 Å². The zero-order valence-corrected chi connectivity index (χ0v) is 15.1. The number of hydrogen-bond donors (Lipinski definition) is 2. The lowest BCUT2D eigenvalue weighted by molar-refractivity contribution is 0.570. The number of aryl methyl sites for hydroxylation is 1. The first-order valence-corrected chi connectivity index (χ1v) is 9.66. The summed E-state index contributed by atoms with van der Waals surface area (Å²) < 4.78 is 27.2. The van der Waals surface area contributed by atoms with E-state index in [0.717, 1.165) is 30.5 Å². The lowest BCUT2D eigenvalue weighted by Gasteiger charge is -2.13. The summed E-state index contributed by atoms with van der Waals surface area (Å²) in [6.07, 6.45) is 2.80. The minimum atomic E-state index is -3.54. The Bertz CT molecular complexity index is 868. The van der Waals surface area contributed by atoms with Crippen LogP contribution in [-0.2, 0) is 22.9 Å². The molecule has 0 saturated carbocycles. The maximum atomic E-state index is 12.3. The second-order valence-electron chi connectivity index (χ2n) is 6.05. The van der Waals surface area contributed by atoms with Gasteiger partial charge in [-0.15, -0.1) is 0 Å². The Kier molecular flexibility index (Phi) is 4.76. The topological polar surface area (TPSA) is 84.0 Å². The molecule has 0 amide bonds. The molecule has 1 aromatic carbocycles. The molecule has 0 radical (unpaired) electrons. The van der Waals surface area contributed by atoms with Crippen molar-refractivity contribution < 1.29 is 8.42 Å². The number of benzene rings is 1. The van der Waals surface area contributed by atoms with E-state index in [1.807, 2.05) is 0 Å². The summed E-state index contributed by atoms with van der Waals surface area (Å²) in [5.74, 6) is 0.647. The van der Waals surface area contributed by atoms with E-state index in [1.54, 1.807) is 38.1 Å². The highest BCUT2D eigenvalue weighted by Crippen LogP contribution is 2.30. The predicted molar refractivity (Wildman–Crippen MR) is 94.2 cm³/mol.